The summed E-state index contributed by atoms with van der Waals surface area (Å²) in [5.74, 6) is 1.13. The third-order valence-corrected chi connectivity index (χ3v) is 5.55. The zero-order valence-corrected chi connectivity index (χ0v) is 18.5. The van der Waals surface area contributed by atoms with Gasteiger partial charge in [0, 0.05) is 47.6 Å². The maximum atomic E-state index is 13.0. The first-order valence-corrected chi connectivity index (χ1v) is 10.5. The lowest BCUT2D eigenvalue weighted by Gasteiger charge is -2.15. The second-order valence-corrected chi connectivity index (χ2v) is 7.77. The number of hydrogen-bond acceptors (Lipinski definition) is 4. The van der Waals surface area contributed by atoms with Gasteiger partial charge < -0.3 is 19.4 Å². The fourth-order valence-electron chi connectivity index (χ4n) is 3.98. The molecule has 0 spiro atoms. The lowest BCUT2D eigenvalue weighted by molar-refractivity contribution is -0.116. The Morgan fingerprint density at radius 1 is 0.906 bits per heavy atom. The Kier molecular flexibility index (Phi) is 6.12. The smallest absolute Gasteiger partial charge is 0.224 e. The van der Waals surface area contributed by atoms with Crippen LogP contribution in [-0.2, 0) is 11.3 Å². The third-order valence-electron chi connectivity index (χ3n) is 5.55. The quantitative estimate of drug-likeness (QED) is 0.424. The van der Waals surface area contributed by atoms with E-state index >= 15 is 0 Å². The monoisotopic (exact) mass is 430 g/mol. The Morgan fingerprint density at radius 2 is 1.59 bits per heavy atom. The molecule has 1 amide bonds. The molecule has 3 aromatic carbocycles. The number of pyridine rings is 1. The van der Waals surface area contributed by atoms with Gasteiger partial charge in [0.2, 0.25) is 5.91 Å². The average Bonchev–Trinajstić information content (AvgIpc) is 2.81. The number of benzene rings is 3. The number of para-hydroxylation sites is 1. The van der Waals surface area contributed by atoms with Crippen molar-refractivity contribution < 1.29 is 14.3 Å². The van der Waals surface area contributed by atoms with Gasteiger partial charge in [0.25, 0.3) is 0 Å². The van der Waals surface area contributed by atoms with E-state index in [0.717, 1.165) is 16.6 Å². The number of nitrogens with one attached hydrogen (secondary N) is 1. The number of ether oxygens (including phenoxy) is 2. The summed E-state index contributed by atoms with van der Waals surface area (Å²) in [6.45, 7) is 2.60. The minimum Gasteiger partial charge on any atom is -0.497 e. The standard InChI is InChI=1S/C26H26N2O4/c1-17-10-11-24-22(13-17)26(30)21-7-4-5-8-23(21)28(24)12-6-9-25(29)27-18-14-19(31-2)16-20(15-18)32-3/h4-5,7-8,10-11,13-16H,6,9,12H2,1-3H3,(H,27,29). The van der Waals surface area contributed by atoms with Gasteiger partial charge >= 0.3 is 0 Å². The summed E-state index contributed by atoms with van der Waals surface area (Å²) in [5, 5.41) is 4.31. The molecule has 0 aliphatic rings. The lowest BCUT2D eigenvalue weighted by Crippen LogP contribution is -2.15. The molecule has 6 nitrogen and oxygen atoms in total. The molecule has 0 atom stereocenters. The van der Waals surface area contributed by atoms with Crippen LogP contribution >= 0.6 is 0 Å². The predicted molar refractivity (Wildman–Crippen MR) is 128 cm³/mol. The molecular weight excluding hydrogens is 404 g/mol. The Bertz CT molecular complexity index is 1340. The molecule has 1 aromatic heterocycles. The summed E-state index contributed by atoms with van der Waals surface area (Å²) < 4.78 is 12.6. The molecular formula is C26H26N2O4. The van der Waals surface area contributed by atoms with Crippen molar-refractivity contribution in [3.05, 3.63) is 76.5 Å². The Balaban J connectivity index is 1.55. The molecule has 0 saturated carbocycles. The van der Waals surface area contributed by atoms with Crippen molar-refractivity contribution >= 4 is 33.4 Å². The summed E-state index contributed by atoms with van der Waals surface area (Å²) in [5.41, 5.74) is 3.48. The van der Waals surface area contributed by atoms with Crippen LogP contribution in [0.4, 0.5) is 5.69 Å². The molecule has 4 aromatic rings. The maximum absolute atomic E-state index is 13.0. The molecule has 0 aliphatic heterocycles. The minimum absolute atomic E-state index is 0.0419. The summed E-state index contributed by atoms with van der Waals surface area (Å²) in [7, 11) is 3.14. The van der Waals surface area contributed by atoms with E-state index in [4.69, 9.17) is 9.47 Å². The van der Waals surface area contributed by atoms with Crippen LogP contribution in [0.15, 0.2) is 65.5 Å². The van der Waals surface area contributed by atoms with E-state index in [1.54, 1.807) is 32.4 Å². The molecule has 0 aliphatic carbocycles. The number of aromatic nitrogens is 1. The van der Waals surface area contributed by atoms with E-state index in [1.807, 2.05) is 49.4 Å². The fourth-order valence-corrected chi connectivity index (χ4v) is 3.98. The van der Waals surface area contributed by atoms with Crippen LogP contribution in [0.3, 0.4) is 0 Å². The number of hydrogen-bond donors (Lipinski definition) is 1. The van der Waals surface area contributed by atoms with Gasteiger partial charge in [-0.3, -0.25) is 9.59 Å². The second kappa shape index (κ2) is 9.14. The Labute approximate surface area is 186 Å². The fraction of sp³-hybridized carbons (Fsp3) is 0.231. The van der Waals surface area contributed by atoms with Gasteiger partial charge in [-0.15, -0.1) is 0 Å². The van der Waals surface area contributed by atoms with Crippen molar-refractivity contribution in [2.45, 2.75) is 26.3 Å². The first-order valence-electron chi connectivity index (χ1n) is 10.5. The first-order chi connectivity index (χ1) is 15.5. The van der Waals surface area contributed by atoms with Gasteiger partial charge in [-0.05, 0) is 37.6 Å². The number of amides is 1. The van der Waals surface area contributed by atoms with Crippen molar-refractivity contribution in [3.8, 4) is 11.5 Å². The molecule has 0 fully saturated rings. The van der Waals surface area contributed by atoms with Crippen molar-refractivity contribution in [3.63, 3.8) is 0 Å². The van der Waals surface area contributed by atoms with Gasteiger partial charge in [-0.1, -0.05) is 23.8 Å². The molecule has 6 heteroatoms. The molecule has 0 saturated heterocycles. The number of nitrogens with zero attached hydrogens (tertiary/aromatic N) is 1. The van der Waals surface area contributed by atoms with Gasteiger partial charge in [0.05, 0.1) is 25.3 Å². The zero-order valence-electron chi connectivity index (χ0n) is 18.5. The highest BCUT2D eigenvalue weighted by atomic mass is 16.5. The molecule has 0 unspecified atom stereocenters. The van der Waals surface area contributed by atoms with E-state index in [9.17, 15) is 9.59 Å². The first kappa shape index (κ1) is 21.4. The van der Waals surface area contributed by atoms with Crippen LogP contribution in [0.1, 0.15) is 18.4 Å². The summed E-state index contributed by atoms with van der Waals surface area (Å²) in [6.07, 6.45) is 0.968. The number of carbonyl (C=O) groups is 1. The van der Waals surface area contributed by atoms with E-state index in [0.29, 0.717) is 47.3 Å². The van der Waals surface area contributed by atoms with Crippen molar-refractivity contribution in [1.29, 1.82) is 0 Å². The number of methoxy groups -OCH3 is 2. The summed E-state index contributed by atoms with van der Waals surface area (Å²) >= 11 is 0. The van der Waals surface area contributed by atoms with Crippen LogP contribution in [0.5, 0.6) is 11.5 Å². The van der Waals surface area contributed by atoms with Crippen LogP contribution in [0, 0.1) is 6.92 Å². The van der Waals surface area contributed by atoms with Crippen molar-refractivity contribution in [1.82, 2.24) is 4.57 Å². The highest BCUT2D eigenvalue weighted by Crippen LogP contribution is 2.26. The molecule has 164 valence electrons. The normalized spacial score (nSPS) is 11.0. The second-order valence-electron chi connectivity index (χ2n) is 7.77. The van der Waals surface area contributed by atoms with Gasteiger partial charge in [-0.2, -0.15) is 0 Å². The molecule has 0 bridgehead atoms. The van der Waals surface area contributed by atoms with Crippen molar-refractivity contribution in [2.24, 2.45) is 0 Å². The Hall–Kier alpha value is -3.80. The average molecular weight is 431 g/mol. The molecule has 1 heterocycles. The molecule has 32 heavy (non-hydrogen) atoms. The number of fused-ring (bicyclic) bond motifs is 2. The van der Waals surface area contributed by atoms with Crippen LogP contribution in [0.25, 0.3) is 21.8 Å². The van der Waals surface area contributed by atoms with Gasteiger partial charge in [-0.25, -0.2) is 0 Å². The predicted octanol–water partition coefficient (Wildman–Crippen LogP) is 4.90. The van der Waals surface area contributed by atoms with Gasteiger partial charge in [0.1, 0.15) is 11.5 Å². The van der Waals surface area contributed by atoms with Crippen molar-refractivity contribution in [2.75, 3.05) is 19.5 Å². The highest BCUT2D eigenvalue weighted by molar-refractivity contribution is 5.94. The topological polar surface area (TPSA) is 69.6 Å². The van der Waals surface area contributed by atoms with E-state index < -0.39 is 0 Å². The van der Waals surface area contributed by atoms with E-state index in [1.165, 1.54) is 0 Å². The molecule has 1 N–H and O–H groups in total. The van der Waals surface area contributed by atoms with Crippen LogP contribution < -0.4 is 20.2 Å². The summed E-state index contributed by atoms with van der Waals surface area (Å²) in [6, 6.07) is 18.8. The van der Waals surface area contributed by atoms with E-state index in [2.05, 4.69) is 9.88 Å². The molecule has 0 radical (unpaired) electrons. The van der Waals surface area contributed by atoms with Gasteiger partial charge in [0.15, 0.2) is 5.43 Å². The third kappa shape index (κ3) is 4.30. The van der Waals surface area contributed by atoms with Crippen LogP contribution in [-0.4, -0.2) is 24.7 Å². The number of aryl methyl sites for hydroxylation is 2. The lowest BCUT2D eigenvalue weighted by atomic mass is 10.1. The molecule has 4 rings (SSSR count). The number of anilines is 1. The highest BCUT2D eigenvalue weighted by Gasteiger charge is 2.12. The summed E-state index contributed by atoms with van der Waals surface area (Å²) in [4.78, 5) is 25.6. The number of rotatable bonds is 7. The minimum atomic E-state index is -0.0918. The van der Waals surface area contributed by atoms with Crippen LogP contribution in [0.2, 0.25) is 0 Å². The van der Waals surface area contributed by atoms with E-state index in [-0.39, 0.29) is 11.3 Å². The Morgan fingerprint density at radius 3 is 2.31 bits per heavy atom. The number of carbonyl (C=O) groups excluding carboxylic acids is 1. The SMILES string of the molecule is COc1cc(NC(=O)CCCn2c3ccccc3c(=O)c3cc(C)ccc32)cc(OC)c1. The maximum Gasteiger partial charge on any atom is 0.224 e. The zero-order chi connectivity index (χ0) is 22.7. The largest absolute Gasteiger partial charge is 0.497 e.